The van der Waals surface area contributed by atoms with Gasteiger partial charge >= 0.3 is 0 Å². The summed E-state index contributed by atoms with van der Waals surface area (Å²) in [7, 11) is 0. The lowest BCUT2D eigenvalue weighted by Gasteiger charge is -2.44. The van der Waals surface area contributed by atoms with Crippen molar-refractivity contribution < 1.29 is 56.8 Å². The zero-order chi connectivity index (χ0) is 97.3. The van der Waals surface area contributed by atoms with Crippen LogP contribution in [0.15, 0.2) is 0 Å². The second-order valence-electron chi connectivity index (χ2n) is 45.5. The van der Waals surface area contributed by atoms with E-state index in [4.69, 9.17) is 72.6 Å². The summed E-state index contributed by atoms with van der Waals surface area (Å²) in [6.45, 7) is 95.4. The highest BCUT2D eigenvalue weighted by atomic mass is 16.6. The zero-order valence-corrected chi connectivity index (χ0v) is 91.4. The van der Waals surface area contributed by atoms with Crippen molar-refractivity contribution in [2.24, 2.45) is 170 Å². The molecule has 12 heterocycles. The van der Waals surface area contributed by atoms with Crippen LogP contribution in [0.4, 0.5) is 0 Å². The summed E-state index contributed by atoms with van der Waals surface area (Å²) in [4.78, 5) is 0. The molecule has 14 unspecified atom stereocenters. The van der Waals surface area contributed by atoms with Crippen LogP contribution in [0, 0.1) is 204 Å². The first-order valence-electron chi connectivity index (χ1n) is 54.5. The number of ether oxygens (including phenoxy) is 12. The molecule has 12 saturated heterocycles. The molecule has 15 heteroatoms. The first-order chi connectivity index (χ1) is 61.3. The summed E-state index contributed by atoms with van der Waals surface area (Å²) < 4.78 is 63.4. The highest BCUT2D eigenvalue weighted by molar-refractivity contribution is 4.94. The summed E-state index contributed by atoms with van der Waals surface area (Å²) in [5.41, 5.74) is 1.94. The Hall–Kier alpha value is -2.01. The number of rotatable bonds is 36. The third-order valence-corrected chi connectivity index (χ3v) is 33.6. The van der Waals surface area contributed by atoms with Gasteiger partial charge in [0.2, 0.25) is 0 Å². The molecule has 0 saturated carbocycles. The maximum Gasteiger partial charge on any atom is 0.0936 e. The molecule has 15 nitrogen and oxygen atoms in total. The van der Waals surface area contributed by atoms with Gasteiger partial charge in [-0.1, -0.05) is 267 Å². The lowest BCUT2D eigenvalue weighted by Crippen LogP contribution is -2.46. The predicted octanol–water partition coefficient (Wildman–Crippen LogP) is 29.6. The maximum atomic E-state index is 8.74. The quantitative estimate of drug-likeness (QED) is 0.0538. The van der Waals surface area contributed by atoms with Gasteiger partial charge in [-0.25, -0.2) is 0 Å². The van der Waals surface area contributed by atoms with Gasteiger partial charge in [0, 0.05) is 109 Å². The zero-order valence-electron chi connectivity index (χ0n) is 91.4. The molecule has 12 aliphatic rings. The molecule has 129 heavy (non-hydrogen) atoms. The average Bonchev–Trinajstić information content (AvgIpc) is 1.61. The highest BCUT2D eigenvalue weighted by Crippen LogP contribution is 2.44. The van der Waals surface area contributed by atoms with Crippen molar-refractivity contribution in [2.75, 3.05) is 139 Å². The average molecular weight is 1820 g/mol. The number of nitrogens with zero attached hydrogens (tertiary/aromatic N) is 3. The fourth-order valence-corrected chi connectivity index (χ4v) is 21.1. The standard InChI is InChI=1S/C12H21NO.2C11H22O.C10H17NO.2C10H20O.C9H15NO.2C9H18O.2C8H16O.C7H14O/c1-10(2)12(3-6-13)9-11-4-7-14-8-5-11;1-4-11(9(2)3)10-5-7-12-8-6-10;1-4-11(9(2)3)7-10-5-6-12-8-10;1-8(2)10(3-5-11)9-4-6-12-7-9;1-4-10(8(2)3)5-9-6-11-7-9;1-4-10(9(2)3)5-7-11-8-6-10;1-7(2)9(3-4-10)8-5-11-6-8;1-4-8(7(2)3)5-9-6-10-9;1-4-9(8(2)3)5-6-10-7-9;1-4-8(7(2)3)5-9-6-8;1-4-7(6(2)3)8-5-9-8;1-4-7(5-8-7)6(2)3/h10-12H,3-5,7-9H2,1-2H3;2*9-11H,4-8H2,1-3H3;8-10H,3-4,6-7H2,1-2H3;8-10H,4-7H2,1-3H3;9H,4-8H2,1-3H3;7-9H,3,5-6H2,1-2H3;7-9H,4-6H2,1-3H3;8H,4-7H2,1-3H3;7H,4-6H2,1-3H3;6-8H,4-5H2,1-3H3;6H,4-5H2,1-3H3. The van der Waals surface area contributed by atoms with Gasteiger partial charge in [0.25, 0.3) is 0 Å². The fraction of sp³-hybridized carbons (Fsp3) is 0.974. The van der Waals surface area contributed by atoms with Crippen molar-refractivity contribution >= 4 is 0 Å². The third kappa shape index (κ3) is 49.9. The van der Waals surface area contributed by atoms with E-state index in [2.05, 4.69) is 247 Å². The molecule has 0 amide bonds. The Bertz CT molecular complexity index is 2720. The summed E-state index contributed by atoms with van der Waals surface area (Å²) in [5, 5.41) is 26.0. The number of hydrogen-bond acceptors (Lipinski definition) is 15. The van der Waals surface area contributed by atoms with Gasteiger partial charge in [0.15, 0.2) is 0 Å². The van der Waals surface area contributed by atoms with Crippen molar-refractivity contribution in [2.45, 2.75) is 407 Å². The molecule has 12 aliphatic heterocycles. The third-order valence-electron chi connectivity index (χ3n) is 33.6. The van der Waals surface area contributed by atoms with E-state index in [0.29, 0.717) is 100 Å². The Morgan fingerprint density at radius 2 is 0.628 bits per heavy atom. The van der Waals surface area contributed by atoms with E-state index < -0.39 is 0 Å². The van der Waals surface area contributed by atoms with Crippen LogP contribution in [0.2, 0.25) is 0 Å². The maximum absolute atomic E-state index is 8.74. The summed E-state index contributed by atoms with van der Waals surface area (Å²) in [6, 6.07) is 6.82. The van der Waals surface area contributed by atoms with E-state index >= 15 is 0 Å². The molecular formula is C114H219N3O12. The van der Waals surface area contributed by atoms with Crippen LogP contribution in [0.5, 0.6) is 0 Å². The summed E-state index contributed by atoms with van der Waals surface area (Å²) >= 11 is 0. The molecule has 0 aromatic heterocycles. The predicted molar refractivity (Wildman–Crippen MR) is 543 cm³/mol. The molecule has 14 atom stereocenters. The second kappa shape index (κ2) is 70.6. The Balaban J connectivity index is 0.000000705. The smallest absolute Gasteiger partial charge is 0.0936 e. The van der Waals surface area contributed by atoms with E-state index in [0.717, 1.165) is 252 Å². The molecule has 12 fully saturated rings. The molecule has 0 aliphatic carbocycles. The molecule has 0 aromatic rings. The van der Waals surface area contributed by atoms with E-state index in [1.165, 1.54) is 135 Å². The van der Waals surface area contributed by atoms with Gasteiger partial charge < -0.3 is 56.8 Å². The van der Waals surface area contributed by atoms with Gasteiger partial charge in [-0.15, -0.1) is 0 Å². The second-order valence-corrected chi connectivity index (χ2v) is 45.5. The number of hydrogen-bond donors (Lipinski definition) is 0. The van der Waals surface area contributed by atoms with Crippen LogP contribution in [-0.4, -0.2) is 157 Å². The summed E-state index contributed by atoms with van der Waals surface area (Å²) in [5.74, 6) is 20.0. The van der Waals surface area contributed by atoms with E-state index in [1.807, 2.05) is 0 Å². The lowest BCUT2D eigenvalue weighted by molar-refractivity contribution is -0.140. The number of epoxide rings is 3. The molecular weight excluding hydrogens is 1600 g/mol. The molecule has 0 bridgehead atoms. The van der Waals surface area contributed by atoms with Crippen LogP contribution in [0.3, 0.4) is 0 Å². The highest BCUT2D eigenvalue weighted by Gasteiger charge is 2.46. The lowest BCUT2D eigenvalue weighted by atomic mass is 9.69. The molecule has 0 spiro atoms. The number of nitriles is 3. The molecule has 12 rings (SSSR count). The van der Waals surface area contributed by atoms with Crippen molar-refractivity contribution in [3.63, 3.8) is 0 Å². The molecule has 762 valence electrons. The van der Waals surface area contributed by atoms with Gasteiger partial charge in [0.1, 0.15) is 0 Å². The van der Waals surface area contributed by atoms with Gasteiger partial charge in [0.05, 0.1) is 102 Å². The van der Waals surface area contributed by atoms with Crippen LogP contribution in [0.1, 0.15) is 389 Å². The first kappa shape index (κ1) is 125. The van der Waals surface area contributed by atoms with Gasteiger partial charge in [-0.3, -0.25) is 0 Å². The van der Waals surface area contributed by atoms with Gasteiger partial charge in [-0.05, 0) is 256 Å². The largest absolute Gasteiger partial charge is 0.381 e. The van der Waals surface area contributed by atoms with Crippen molar-refractivity contribution in [1.82, 2.24) is 0 Å². The SMILES string of the molecule is CC(C)C(CC#N)C1CCOC1.CC(C)C(CC#N)C1COC1.CC(C)C(CC#N)CC1CCOCC1.CCC(C(C)C)C1CCOCC1.CCC(C(C)C)C1CO1.CCC(CC1CCOC1)C(C)C.CCC(CC1CO1)C(C)C.CCC(CC1COC1)C(C)C.CCC1(C(C)C)CCOC1.CCC1(C(C)C)CCOCC1.CCC1(C(C)C)CO1.CCC1(C(C)C)COC1. The normalized spacial score (nSPS) is 25.5. The van der Waals surface area contributed by atoms with Crippen LogP contribution in [-0.2, 0) is 56.8 Å². The molecule has 0 N–H and O–H groups in total. The Labute approximate surface area is 802 Å². The van der Waals surface area contributed by atoms with Crippen molar-refractivity contribution in [3.8, 4) is 18.2 Å². The Morgan fingerprint density at radius 1 is 0.271 bits per heavy atom. The minimum absolute atomic E-state index is 0.292. The molecule has 0 radical (unpaired) electrons. The van der Waals surface area contributed by atoms with E-state index in [9.17, 15) is 0 Å². The van der Waals surface area contributed by atoms with Crippen molar-refractivity contribution in [1.29, 1.82) is 15.8 Å². The minimum Gasteiger partial charge on any atom is -0.381 e. The minimum atomic E-state index is 0.292. The van der Waals surface area contributed by atoms with Crippen molar-refractivity contribution in [3.05, 3.63) is 0 Å². The molecule has 0 aromatic carbocycles. The van der Waals surface area contributed by atoms with E-state index in [-0.39, 0.29) is 0 Å². The topological polar surface area (TPSA) is 192 Å². The van der Waals surface area contributed by atoms with Crippen LogP contribution >= 0.6 is 0 Å². The fourth-order valence-electron chi connectivity index (χ4n) is 21.1. The Kier molecular flexibility index (Phi) is 68.4. The summed E-state index contributed by atoms with van der Waals surface area (Å²) in [6.07, 6.45) is 31.4. The van der Waals surface area contributed by atoms with Crippen LogP contribution < -0.4 is 0 Å². The van der Waals surface area contributed by atoms with Crippen LogP contribution in [0.25, 0.3) is 0 Å². The van der Waals surface area contributed by atoms with Gasteiger partial charge in [-0.2, -0.15) is 15.8 Å². The monoisotopic (exact) mass is 1820 g/mol. The Morgan fingerprint density at radius 3 is 0.891 bits per heavy atom. The van der Waals surface area contributed by atoms with E-state index in [1.54, 1.807) is 0 Å². The first-order valence-corrected chi connectivity index (χ1v) is 54.5.